The number of ether oxygens (including phenoxy) is 2. The average molecular weight is 885 g/mol. The van der Waals surface area contributed by atoms with Gasteiger partial charge >= 0.3 is 12.2 Å². The zero-order valence-corrected chi connectivity index (χ0v) is 35.0. The van der Waals surface area contributed by atoms with Gasteiger partial charge in [0.15, 0.2) is 17.3 Å². The van der Waals surface area contributed by atoms with Gasteiger partial charge in [-0.1, -0.05) is 60.7 Å². The number of benzene rings is 4. The number of carbonyl (C=O) groups excluding carboxylic acids is 5. The molecular weight excluding hydrogens is 861 g/mol. The molecule has 4 aromatic heterocycles. The zero-order valence-electron chi connectivity index (χ0n) is 33.4. The molecule has 13 nitrogen and oxygen atoms in total. The van der Waals surface area contributed by atoms with Crippen LogP contribution in [-0.4, -0.2) is 38.7 Å². The van der Waals surface area contributed by atoms with E-state index in [0.717, 1.165) is 22.5 Å². The van der Waals surface area contributed by atoms with Gasteiger partial charge in [0.2, 0.25) is 0 Å². The molecule has 0 fully saturated rings. The molecule has 65 heavy (non-hydrogen) atoms. The molecule has 0 aliphatic heterocycles. The van der Waals surface area contributed by atoms with Crippen LogP contribution in [-0.2, 0) is 29.1 Å². The lowest BCUT2D eigenvalue weighted by atomic mass is 10.0. The van der Waals surface area contributed by atoms with Gasteiger partial charge < -0.3 is 9.47 Å². The van der Waals surface area contributed by atoms with Crippen LogP contribution >= 0.6 is 22.7 Å². The van der Waals surface area contributed by atoms with Gasteiger partial charge in [-0.25, -0.2) is 18.7 Å². The third-order valence-electron chi connectivity index (χ3n) is 11.2. The summed E-state index contributed by atoms with van der Waals surface area (Å²) in [5, 5.41) is 38.4. The molecule has 4 heterocycles. The summed E-state index contributed by atoms with van der Waals surface area (Å²) in [6, 6.07) is 34.7. The van der Waals surface area contributed by atoms with Crippen LogP contribution in [0.25, 0.3) is 43.6 Å². The zero-order chi connectivity index (χ0) is 45.1. The Hall–Kier alpha value is -8.99. The highest BCUT2D eigenvalue weighted by molar-refractivity contribution is 7.22. The molecule has 308 valence electrons. The topological polar surface area (TPSA) is 209 Å². The van der Waals surface area contributed by atoms with E-state index >= 15 is 0 Å². The number of thiophene rings is 2. The first kappa shape index (κ1) is 40.1. The average Bonchev–Trinajstić information content (AvgIpc) is 4.16. The summed E-state index contributed by atoms with van der Waals surface area (Å²) in [7, 11) is 0. The van der Waals surface area contributed by atoms with Gasteiger partial charge in [-0.3, -0.25) is 14.4 Å². The van der Waals surface area contributed by atoms with E-state index in [0.29, 0.717) is 57.9 Å². The first-order valence-electron chi connectivity index (χ1n) is 19.7. The Balaban J connectivity index is 1.15. The molecule has 2 aliphatic carbocycles. The molecule has 0 unspecified atom stereocenters. The first-order valence-corrected chi connectivity index (χ1v) is 21.3. The van der Waals surface area contributed by atoms with Gasteiger partial charge in [-0.2, -0.15) is 21.0 Å². The maximum Gasteiger partial charge on any atom is 0.419 e. The lowest BCUT2D eigenvalue weighted by Gasteiger charge is -2.07. The van der Waals surface area contributed by atoms with Crippen molar-refractivity contribution in [3.05, 3.63) is 174 Å². The Morgan fingerprint density at radius 1 is 0.569 bits per heavy atom. The van der Waals surface area contributed by atoms with Crippen molar-refractivity contribution in [1.82, 2.24) is 9.13 Å². The lowest BCUT2D eigenvalue weighted by molar-refractivity contribution is 0.0987. The number of carbonyl (C=O) groups is 5. The Morgan fingerprint density at radius 3 is 1.46 bits per heavy atom. The lowest BCUT2D eigenvalue weighted by Crippen LogP contribution is -2.13. The van der Waals surface area contributed by atoms with E-state index < -0.39 is 23.8 Å². The molecule has 0 amide bonds. The number of allylic oxidation sites excluding steroid dienone is 2. The molecule has 0 saturated heterocycles. The highest BCUT2D eigenvalue weighted by atomic mass is 32.1. The number of aromatic nitrogens is 2. The summed E-state index contributed by atoms with van der Waals surface area (Å²) in [6.45, 7) is -0.173. The maximum atomic E-state index is 14.5. The number of hydrogen-bond acceptors (Lipinski definition) is 13. The number of ketones is 3. The molecule has 0 bridgehead atoms. The molecule has 0 atom stereocenters. The standard InChI is InChI=1S/C50H24N6O7S2/c51-20-30-12-28-11-29(44(57)36(28)14-31(30)21-52)13-34-18-40-47(64-34)42-43(55(40)49(60)62-24-26-7-3-1-4-8-26)48-41(56(42)50(61)63-25-27-9-5-2-6-10-27)19-35(65-48)17-39-45(58)37-15-32(22-53)33(23-54)16-38(37)46(39)59/h1-10,12-19H,11,24-25H2/b29-13-. The molecule has 0 spiro atoms. The van der Waals surface area contributed by atoms with Crippen molar-refractivity contribution in [2.24, 2.45) is 0 Å². The van der Waals surface area contributed by atoms with Gasteiger partial charge in [0.1, 0.15) is 37.5 Å². The van der Waals surface area contributed by atoms with Crippen LogP contribution in [0.15, 0.2) is 108 Å². The maximum absolute atomic E-state index is 14.5. The van der Waals surface area contributed by atoms with Crippen molar-refractivity contribution in [2.45, 2.75) is 19.6 Å². The highest BCUT2D eigenvalue weighted by Gasteiger charge is 2.36. The van der Waals surface area contributed by atoms with E-state index in [1.54, 1.807) is 48.5 Å². The predicted octanol–water partition coefficient (Wildman–Crippen LogP) is 10.0. The second kappa shape index (κ2) is 15.7. The fourth-order valence-corrected chi connectivity index (χ4v) is 10.5. The quantitative estimate of drug-likeness (QED) is 0.113. The molecule has 8 aromatic rings. The normalized spacial score (nSPS) is 13.4. The van der Waals surface area contributed by atoms with Crippen LogP contribution < -0.4 is 0 Å². The van der Waals surface area contributed by atoms with Crippen molar-refractivity contribution in [3.63, 3.8) is 0 Å². The van der Waals surface area contributed by atoms with Gasteiger partial charge in [-0.15, -0.1) is 22.7 Å². The Bertz CT molecular complexity index is 3670. The van der Waals surface area contributed by atoms with Gasteiger partial charge in [-0.05, 0) is 65.2 Å². The smallest absolute Gasteiger partial charge is 0.419 e. The monoisotopic (exact) mass is 884 g/mol. The van der Waals surface area contributed by atoms with E-state index in [1.165, 1.54) is 44.7 Å². The molecular formula is C50H24N6O7S2. The van der Waals surface area contributed by atoms with E-state index in [9.17, 15) is 45.0 Å². The van der Waals surface area contributed by atoms with Crippen LogP contribution in [0.4, 0.5) is 9.59 Å². The number of hydrogen-bond donors (Lipinski definition) is 0. The molecule has 0 saturated carbocycles. The predicted molar refractivity (Wildman–Crippen MR) is 239 cm³/mol. The summed E-state index contributed by atoms with van der Waals surface area (Å²) in [5.74, 6) is -1.56. The molecule has 4 aromatic carbocycles. The van der Waals surface area contributed by atoms with Crippen molar-refractivity contribution < 1.29 is 33.4 Å². The van der Waals surface area contributed by atoms with Crippen molar-refractivity contribution in [2.75, 3.05) is 0 Å². The van der Waals surface area contributed by atoms with E-state index in [1.807, 2.05) is 60.7 Å². The van der Waals surface area contributed by atoms with E-state index in [-0.39, 0.29) is 64.4 Å². The minimum atomic E-state index is -0.785. The van der Waals surface area contributed by atoms with Gasteiger partial charge in [0.05, 0.1) is 59.3 Å². The van der Waals surface area contributed by atoms with Crippen molar-refractivity contribution in [1.29, 1.82) is 21.0 Å². The van der Waals surface area contributed by atoms with E-state index in [4.69, 9.17) is 9.47 Å². The Kier molecular flexibility index (Phi) is 9.70. The number of rotatable bonds is 6. The van der Waals surface area contributed by atoms with Crippen LogP contribution in [0, 0.1) is 45.3 Å². The number of nitriles is 4. The van der Waals surface area contributed by atoms with Crippen molar-refractivity contribution >= 4 is 95.8 Å². The second-order valence-corrected chi connectivity index (χ2v) is 17.2. The third-order valence-corrected chi connectivity index (χ3v) is 13.4. The molecule has 0 N–H and O–H groups in total. The third kappa shape index (κ3) is 6.60. The minimum absolute atomic E-state index is 0.00244. The molecule has 15 heteroatoms. The Labute approximate surface area is 375 Å². The minimum Gasteiger partial charge on any atom is -0.444 e. The summed E-state index contributed by atoms with van der Waals surface area (Å²) in [5.41, 5.74) is 4.05. The first-order chi connectivity index (χ1) is 31.6. The number of fused-ring (bicyclic) bond motifs is 7. The van der Waals surface area contributed by atoms with Crippen molar-refractivity contribution in [3.8, 4) is 24.3 Å². The van der Waals surface area contributed by atoms with Crippen LogP contribution in [0.5, 0.6) is 0 Å². The second-order valence-electron chi connectivity index (χ2n) is 15.0. The summed E-state index contributed by atoms with van der Waals surface area (Å²) in [4.78, 5) is 70.9. The van der Waals surface area contributed by atoms with Gasteiger partial charge in [0.25, 0.3) is 0 Å². The SMILES string of the molecule is N#Cc1cc2c(cc1C#N)C(=O)/C(=C\c1cc3c(s1)c1c(c4sc(C=C5C(=O)c6cc(C#N)c(C#N)cc6C5=O)cc4n1C(=O)OCc1ccccc1)n3C(=O)OCc1ccccc1)C2. The molecule has 10 rings (SSSR count). The molecule has 2 aliphatic rings. The van der Waals surface area contributed by atoms with Crippen LogP contribution in [0.1, 0.15) is 79.8 Å². The summed E-state index contributed by atoms with van der Waals surface area (Å²) < 4.78 is 15.4. The molecule has 0 radical (unpaired) electrons. The van der Waals surface area contributed by atoms with Crippen LogP contribution in [0.2, 0.25) is 0 Å². The van der Waals surface area contributed by atoms with E-state index in [2.05, 4.69) is 0 Å². The highest BCUT2D eigenvalue weighted by Crippen LogP contribution is 2.46. The summed E-state index contributed by atoms with van der Waals surface area (Å²) in [6.07, 6.45) is 1.73. The number of nitrogens with zero attached hydrogens (tertiary/aromatic N) is 6. The number of Topliss-reactive ketones (excluding diaryl/α,β-unsaturated/α-hetero) is 3. The summed E-state index contributed by atoms with van der Waals surface area (Å²) >= 11 is 2.34. The Morgan fingerprint density at radius 2 is 1.00 bits per heavy atom. The van der Waals surface area contributed by atoms with Crippen LogP contribution in [0.3, 0.4) is 0 Å². The fraction of sp³-hybridized carbons (Fsp3) is 0.0600. The fourth-order valence-electron chi connectivity index (χ4n) is 8.19. The largest absolute Gasteiger partial charge is 0.444 e. The van der Waals surface area contributed by atoms with Gasteiger partial charge in [0, 0.05) is 38.4 Å².